The van der Waals surface area contributed by atoms with Crippen molar-refractivity contribution < 1.29 is 28.6 Å². The molecule has 0 radical (unpaired) electrons. The van der Waals surface area contributed by atoms with Crippen LogP contribution in [0.25, 0.3) is 0 Å². The summed E-state index contributed by atoms with van der Waals surface area (Å²) >= 11 is 8.92. The minimum Gasteiger partial charge on any atom is -0.476 e. The van der Waals surface area contributed by atoms with Crippen molar-refractivity contribution in [2.24, 2.45) is 4.99 Å². The third-order valence-corrected chi connectivity index (χ3v) is 9.15. The first-order valence-corrected chi connectivity index (χ1v) is 14.9. The van der Waals surface area contributed by atoms with Crippen molar-refractivity contribution in [3.63, 3.8) is 0 Å². The van der Waals surface area contributed by atoms with Crippen molar-refractivity contribution in [1.29, 1.82) is 0 Å². The van der Waals surface area contributed by atoms with Crippen molar-refractivity contribution >= 4 is 63.2 Å². The van der Waals surface area contributed by atoms with Gasteiger partial charge in [0.05, 0.1) is 25.3 Å². The summed E-state index contributed by atoms with van der Waals surface area (Å²) in [6, 6.07) is 2.67. The molecule has 0 unspecified atom stereocenters. The normalized spacial score (nSPS) is 20.8. The number of carboxylic acid groups (broad SMARTS) is 1. The number of carbonyl (C=O) groups excluding carboxylic acids is 2. The number of halogens is 2. The number of fused-ring (bicyclic) bond motifs is 1. The first-order chi connectivity index (χ1) is 20.2. The van der Waals surface area contributed by atoms with Gasteiger partial charge < -0.3 is 20.1 Å². The second-order valence-electron chi connectivity index (χ2n) is 9.69. The Balaban J connectivity index is 1.29. The molecule has 3 aliphatic heterocycles. The fourth-order valence-electron chi connectivity index (χ4n) is 5.25. The van der Waals surface area contributed by atoms with Gasteiger partial charge in [0, 0.05) is 59.4 Å². The summed E-state index contributed by atoms with van der Waals surface area (Å²) in [5.74, 6) is -1.83. The monoisotopic (exact) mass is 631 g/mol. The van der Waals surface area contributed by atoms with Gasteiger partial charge in [-0.05, 0) is 12.1 Å². The number of amidine groups is 1. The number of rotatable bonds is 7. The van der Waals surface area contributed by atoms with Gasteiger partial charge >= 0.3 is 18.0 Å². The van der Waals surface area contributed by atoms with Crippen molar-refractivity contribution in [3.05, 3.63) is 73.5 Å². The molecule has 42 heavy (non-hydrogen) atoms. The summed E-state index contributed by atoms with van der Waals surface area (Å²) in [6.07, 6.45) is 1.65. The van der Waals surface area contributed by atoms with Gasteiger partial charge in [0.25, 0.3) is 0 Å². The maximum atomic E-state index is 13.9. The van der Waals surface area contributed by atoms with Gasteiger partial charge in [0.1, 0.15) is 11.9 Å². The molecule has 3 aliphatic rings. The topological polar surface area (TPSA) is 141 Å². The third-order valence-electron chi connectivity index (χ3n) is 7.18. The van der Waals surface area contributed by atoms with Crippen molar-refractivity contribution in [2.75, 3.05) is 44.7 Å². The van der Waals surface area contributed by atoms with Crippen LogP contribution in [0.2, 0.25) is 5.02 Å². The van der Waals surface area contributed by atoms with Crippen LogP contribution < -0.4 is 10.2 Å². The number of aromatic carboxylic acids is 1. The van der Waals surface area contributed by atoms with Gasteiger partial charge in [-0.1, -0.05) is 17.7 Å². The van der Waals surface area contributed by atoms with Gasteiger partial charge in [0.15, 0.2) is 21.7 Å². The van der Waals surface area contributed by atoms with Crippen LogP contribution in [0.5, 0.6) is 0 Å². The molecule has 5 heterocycles. The molecule has 2 fully saturated rings. The molecule has 0 spiro atoms. The van der Waals surface area contributed by atoms with Crippen LogP contribution in [-0.2, 0) is 9.53 Å². The Labute approximate surface area is 251 Å². The number of methoxy groups -OCH3 is 1. The lowest BCUT2D eigenvalue weighted by atomic mass is 9.95. The van der Waals surface area contributed by atoms with Gasteiger partial charge in [0.2, 0.25) is 0 Å². The summed E-state index contributed by atoms with van der Waals surface area (Å²) in [6.45, 7) is 2.07. The number of nitrogens with zero attached hydrogens (tertiary/aromatic N) is 6. The van der Waals surface area contributed by atoms with Crippen LogP contribution in [0.3, 0.4) is 0 Å². The quantitative estimate of drug-likeness (QED) is 0.376. The number of aromatic nitrogens is 2. The minimum atomic E-state index is -1.15. The van der Waals surface area contributed by atoms with E-state index < -0.39 is 23.8 Å². The number of piperazine rings is 1. The third kappa shape index (κ3) is 5.24. The summed E-state index contributed by atoms with van der Waals surface area (Å²) < 4.78 is 19.1. The molecule has 2 saturated heterocycles. The number of esters is 1. The van der Waals surface area contributed by atoms with E-state index in [9.17, 15) is 23.9 Å². The summed E-state index contributed by atoms with van der Waals surface area (Å²) in [7, 11) is 1.28. The van der Waals surface area contributed by atoms with E-state index in [1.54, 1.807) is 11.1 Å². The average Bonchev–Trinajstić information content (AvgIpc) is 3.73. The highest BCUT2D eigenvalue weighted by atomic mass is 35.5. The number of carbonyl (C=O) groups is 3. The number of hydrogen-bond acceptors (Lipinski definition) is 11. The highest BCUT2D eigenvalue weighted by Crippen LogP contribution is 2.37. The van der Waals surface area contributed by atoms with E-state index in [4.69, 9.17) is 21.3 Å². The van der Waals surface area contributed by atoms with E-state index in [1.807, 2.05) is 5.38 Å². The zero-order valence-electron chi connectivity index (χ0n) is 22.0. The second-order valence-corrected chi connectivity index (χ2v) is 11.8. The molecule has 0 aliphatic carbocycles. The Morgan fingerprint density at radius 3 is 2.79 bits per heavy atom. The molecule has 12 nitrogen and oxygen atoms in total. The maximum absolute atomic E-state index is 13.9. The summed E-state index contributed by atoms with van der Waals surface area (Å²) in [4.78, 5) is 56.2. The van der Waals surface area contributed by atoms with E-state index >= 15 is 0 Å². The Kier molecular flexibility index (Phi) is 7.66. The van der Waals surface area contributed by atoms with Crippen LogP contribution in [0, 0.1) is 5.82 Å². The number of hydrogen-bond donors (Lipinski definition) is 2. The zero-order valence-corrected chi connectivity index (χ0v) is 24.4. The summed E-state index contributed by atoms with van der Waals surface area (Å²) in [5.41, 5.74) is 1.11. The Morgan fingerprint density at radius 1 is 1.26 bits per heavy atom. The van der Waals surface area contributed by atoms with Gasteiger partial charge in [-0.2, -0.15) is 0 Å². The predicted molar refractivity (Wildman–Crippen MR) is 154 cm³/mol. The molecule has 3 aromatic rings. The number of ether oxygens (including phenoxy) is 1. The van der Waals surface area contributed by atoms with Crippen LogP contribution in [0.4, 0.5) is 14.3 Å². The van der Waals surface area contributed by atoms with Crippen molar-refractivity contribution in [2.45, 2.75) is 12.1 Å². The molecule has 2 N–H and O–H groups in total. The standard InChI is InChI=1S/C26H23ClFN7O5S2/c1-40-24(38)19-17(30-21(22-29-4-7-41-22)32-20(19)15-3-2-13(28)8-16(15)27)11-33-5-6-34-14(9-33)10-35(26(34)39)25-31-18(12-42-25)23(36)37/h2-4,7-8,12,14,20H,5-6,9-11H2,1H3,(H,30,32)(H,36,37)/t14-,20-/m0/s1. The number of urea groups is 1. The number of anilines is 1. The van der Waals surface area contributed by atoms with E-state index in [1.165, 1.54) is 46.9 Å². The van der Waals surface area contributed by atoms with Crippen molar-refractivity contribution in [1.82, 2.24) is 25.1 Å². The fourth-order valence-corrected chi connectivity index (χ4v) is 6.91. The smallest absolute Gasteiger partial charge is 0.355 e. The van der Waals surface area contributed by atoms with Crippen LogP contribution in [-0.4, -0.2) is 94.6 Å². The molecule has 218 valence electrons. The Morgan fingerprint density at radius 2 is 2.10 bits per heavy atom. The number of nitrogens with one attached hydrogen (secondary N) is 1. The lowest BCUT2D eigenvalue weighted by Crippen LogP contribution is -2.53. The predicted octanol–water partition coefficient (Wildman–Crippen LogP) is 3.23. The number of thiazole rings is 2. The van der Waals surface area contributed by atoms with Crippen LogP contribution >= 0.6 is 34.3 Å². The first-order valence-electron chi connectivity index (χ1n) is 12.7. The molecule has 2 amide bonds. The highest BCUT2D eigenvalue weighted by Gasteiger charge is 2.43. The largest absolute Gasteiger partial charge is 0.476 e. The van der Waals surface area contributed by atoms with Crippen molar-refractivity contribution in [3.8, 4) is 0 Å². The Bertz CT molecular complexity index is 1630. The average molecular weight is 632 g/mol. The SMILES string of the molecule is COC(=O)C1=C(CN2CCN3C(=O)N(c4nc(C(=O)O)cs4)C[C@@H]3C2)NC(c2nccs2)=N[C@H]1c1ccc(F)cc1Cl. The lowest BCUT2D eigenvalue weighted by Gasteiger charge is -2.38. The fraction of sp³-hybridized carbons (Fsp3) is 0.308. The molecular formula is C26H23ClFN7O5S2. The highest BCUT2D eigenvalue weighted by molar-refractivity contribution is 7.14. The van der Waals surface area contributed by atoms with Gasteiger partial charge in [-0.15, -0.1) is 22.7 Å². The number of amides is 2. The number of carboxylic acids is 1. The van der Waals surface area contributed by atoms with Crippen LogP contribution in [0.15, 0.2) is 51.4 Å². The molecule has 2 atom stereocenters. The first kappa shape index (κ1) is 28.2. The summed E-state index contributed by atoms with van der Waals surface area (Å²) in [5, 5.41) is 16.8. The van der Waals surface area contributed by atoms with Gasteiger partial charge in [-0.3, -0.25) is 14.8 Å². The molecule has 1 aromatic carbocycles. The minimum absolute atomic E-state index is 0.103. The maximum Gasteiger partial charge on any atom is 0.355 e. The molecule has 0 saturated carbocycles. The van der Waals surface area contributed by atoms with E-state index in [0.29, 0.717) is 60.0 Å². The Hall–Kier alpha value is -3.92. The zero-order chi connectivity index (χ0) is 29.5. The number of aliphatic imine (C=N–C) groups is 1. The molecule has 2 aromatic heterocycles. The number of benzene rings is 1. The van der Waals surface area contributed by atoms with E-state index in [2.05, 4.69) is 20.2 Å². The lowest BCUT2D eigenvalue weighted by molar-refractivity contribution is -0.136. The van der Waals surface area contributed by atoms with Crippen LogP contribution in [0.1, 0.15) is 27.1 Å². The van der Waals surface area contributed by atoms with E-state index in [-0.39, 0.29) is 28.4 Å². The molecule has 16 heteroatoms. The molecule has 6 rings (SSSR count). The molecular weight excluding hydrogens is 609 g/mol. The van der Waals surface area contributed by atoms with Gasteiger partial charge in [-0.25, -0.2) is 28.7 Å². The molecule has 0 bridgehead atoms. The van der Waals surface area contributed by atoms with E-state index in [0.717, 1.165) is 11.3 Å². The second kappa shape index (κ2) is 11.4.